The summed E-state index contributed by atoms with van der Waals surface area (Å²) in [5, 5.41) is 16.2. The van der Waals surface area contributed by atoms with Crippen LogP contribution in [0.25, 0.3) is 0 Å². The van der Waals surface area contributed by atoms with Crippen LogP contribution < -0.4 is 0 Å². The van der Waals surface area contributed by atoms with Gasteiger partial charge in [0.2, 0.25) is 0 Å². The molecular weight excluding hydrogens is 396 g/mol. The number of phenols is 1. The van der Waals surface area contributed by atoms with Gasteiger partial charge in [-0.05, 0) is 35.9 Å². The minimum atomic E-state index is -0.400. The van der Waals surface area contributed by atoms with Crippen molar-refractivity contribution in [2.24, 2.45) is 5.10 Å². The molecule has 4 rings (SSSR count). The molecule has 1 aliphatic heterocycles. The summed E-state index contributed by atoms with van der Waals surface area (Å²) in [5.74, 6) is 0.0124. The van der Waals surface area contributed by atoms with Crippen LogP contribution in [-0.4, -0.2) is 21.7 Å². The fourth-order valence-corrected chi connectivity index (χ4v) is 3.46. The number of para-hydroxylation sites is 1. The van der Waals surface area contributed by atoms with Crippen LogP contribution in [-0.2, 0) is 0 Å². The minimum absolute atomic E-state index is 0.139. The molecule has 0 saturated carbocycles. The van der Waals surface area contributed by atoms with Gasteiger partial charge in [0, 0.05) is 16.5 Å². The Morgan fingerprint density at radius 1 is 1.15 bits per heavy atom. The number of amides is 1. The van der Waals surface area contributed by atoms with Crippen LogP contribution in [0.2, 0.25) is 0 Å². The molecule has 6 heteroatoms. The quantitative estimate of drug-likeness (QED) is 0.677. The fourth-order valence-electron chi connectivity index (χ4n) is 3.06. The Hall–Kier alpha value is -2.86. The highest BCUT2D eigenvalue weighted by molar-refractivity contribution is 9.10. The zero-order valence-corrected chi connectivity index (χ0v) is 15.3. The Bertz CT molecular complexity index is 982. The summed E-state index contributed by atoms with van der Waals surface area (Å²) < 4.78 is 6.19. The molecule has 1 aliphatic rings. The number of carbonyl (C=O) groups is 1. The number of rotatable bonds is 3. The van der Waals surface area contributed by atoms with Crippen molar-refractivity contribution in [1.29, 1.82) is 0 Å². The van der Waals surface area contributed by atoms with Gasteiger partial charge < -0.3 is 9.52 Å². The highest BCUT2D eigenvalue weighted by Gasteiger charge is 2.35. The van der Waals surface area contributed by atoms with Gasteiger partial charge in [-0.3, -0.25) is 4.79 Å². The number of benzene rings is 2. The van der Waals surface area contributed by atoms with Crippen LogP contribution >= 0.6 is 15.9 Å². The molecule has 0 saturated heterocycles. The number of furan rings is 1. The predicted molar refractivity (Wildman–Crippen MR) is 101 cm³/mol. The summed E-state index contributed by atoms with van der Waals surface area (Å²) in [6.45, 7) is 0. The topological polar surface area (TPSA) is 66.0 Å². The second-order valence-electron chi connectivity index (χ2n) is 5.96. The Kier molecular flexibility index (Phi) is 4.34. The largest absolute Gasteiger partial charge is 0.508 e. The SMILES string of the molecule is O=C(c1ccco1)N1N=C(c2cccc(Br)c2)CC1c1ccccc1O. The maximum Gasteiger partial charge on any atom is 0.310 e. The van der Waals surface area contributed by atoms with E-state index in [-0.39, 0.29) is 17.4 Å². The molecule has 0 radical (unpaired) electrons. The normalized spacial score (nSPS) is 16.6. The van der Waals surface area contributed by atoms with E-state index in [1.165, 1.54) is 11.3 Å². The molecule has 2 heterocycles. The van der Waals surface area contributed by atoms with E-state index in [1.807, 2.05) is 36.4 Å². The van der Waals surface area contributed by atoms with Crippen LogP contribution in [0.4, 0.5) is 0 Å². The molecule has 1 unspecified atom stereocenters. The molecule has 26 heavy (non-hydrogen) atoms. The summed E-state index contributed by atoms with van der Waals surface area (Å²) in [4.78, 5) is 12.9. The molecule has 130 valence electrons. The molecule has 0 aliphatic carbocycles. The lowest BCUT2D eigenvalue weighted by atomic mass is 9.97. The van der Waals surface area contributed by atoms with Crippen LogP contribution in [0.5, 0.6) is 5.75 Å². The molecule has 1 aromatic heterocycles. The molecule has 1 N–H and O–H groups in total. The Balaban J connectivity index is 1.76. The lowest BCUT2D eigenvalue weighted by Gasteiger charge is -2.21. The summed E-state index contributed by atoms with van der Waals surface area (Å²) in [5.41, 5.74) is 2.36. The number of hydrogen-bond acceptors (Lipinski definition) is 4. The average molecular weight is 411 g/mol. The Labute approximate surface area is 158 Å². The van der Waals surface area contributed by atoms with Gasteiger partial charge in [-0.25, -0.2) is 5.01 Å². The van der Waals surface area contributed by atoms with Crippen molar-refractivity contribution in [2.45, 2.75) is 12.5 Å². The molecular formula is C20H15BrN2O3. The summed E-state index contributed by atoms with van der Waals surface area (Å²) >= 11 is 3.47. The van der Waals surface area contributed by atoms with Gasteiger partial charge in [0.05, 0.1) is 18.0 Å². The molecule has 0 bridgehead atoms. The van der Waals surface area contributed by atoms with Gasteiger partial charge in [0.25, 0.3) is 0 Å². The van der Waals surface area contributed by atoms with Crippen LogP contribution in [0.15, 0.2) is 80.9 Å². The Morgan fingerprint density at radius 3 is 2.73 bits per heavy atom. The third kappa shape index (κ3) is 3.04. The number of halogens is 1. The highest BCUT2D eigenvalue weighted by Crippen LogP contribution is 2.38. The maximum atomic E-state index is 12.9. The van der Waals surface area contributed by atoms with Crippen molar-refractivity contribution >= 4 is 27.5 Å². The number of carbonyl (C=O) groups excluding carboxylic acids is 1. The standard InChI is InChI=1S/C20H15BrN2O3/c21-14-6-3-5-13(11-14)16-12-17(15-7-1-2-8-18(15)24)23(22-16)20(25)19-9-4-10-26-19/h1-11,17,24H,12H2. The summed E-state index contributed by atoms with van der Waals surface area (Å²) in [6.07, 6.45) is 1.96. The van der Waals surface area contributed by atoms with Crippen molar-refractivity contribution in [3.05, 3.63) is 88.3 Å². The molecule has 0 fully saturated rings. The smallest absolute Gasteiger partial charge is 0.310 e. The number of hydrogen-bond donors (Lipinski definition) is 1. The molecule has 1 amide bonds. The van der Waals surface area contributed by atoms with Gasteiger partial charge in [-0.15, -0.1) is 0 Å². The van der Waals surface area contributed by atoms with E-state index >= 15 is 0 Å². The summed E-state index contributed by atoms with van der Waals surface area (Å²) in [7, 11) is 0. The van der Waals surface area contributed by atoms with E-state index < -0.39 is 6.04 Å². The third-order valence-electron chi connectivity index (χ3n) is 4.30. The molecule has 3 aromatic rings. The minimum Gasteiger partial charge on any atom is -0.508 e. The lowest BCUT2D eigenvalue weighted by Crippen LogP contribution is -2.26. The van der Waals surface area contributed by atoms with Crippen molar-refractivity contribution in [2.75, 3.05) is 0 Å². The molecule has 2 aromatic carbocycles. The van der Waals surface area contributed by atoms with Crippen molar-refractivity contribution in [3.63, 3.8) is 0 Å². The predicted octanol–water partition coefficient (Wildman–Crippen LogP) is 4.74. The number of hydrazone groups is 1. The first-order valence-electron chi connectivity index (χ1n) is 8.12. The van der Waals surface area contributed by atoms with Crippen molar-refractivity contribution < 1.29 is 14.3 Å². The number of aromatic hydroxyl groups is 1. The second-order valence-corrected chi connectivity index (χ2v) is 6.88. The first kappa shape index (κ1) is 16.6. The molecule has 5 nitrogen and oxygen atoms in total. The van der Waals surface area contributed by atoms with E-state index in [0.717, 1.165) is 15.7 Å². The van der Waals surface area contributed by atoms with Gasteiger partial charge in [-0.1, -0.05) is 46.3 Å². The fraction of sp³-hybridized carbons (Fsp3) is 0.100. The molecule has 1 atom stereocenters. The third-order valence-corrected chi connectivity index (χ3v) is 4.80. The summed E-state index contributed by atoms with van der Waals surface area (Å²) in [6, 6.07) is 17.7. The highest BCUT2D eigenvalue weighted by atomic mass is 79.9. The van der Waals surface area contributed by atoms with E-state index in [2.05, 4.69) is 21.0 Å². The Morgan fingerprint density at radius 2 is 2.00 bits per heavy atom. The first-order valence-corrected chi connectivity index (χ1v) is 8.91. The number of nitrogens with zero attached hydrogens (tertiary/aromatic N) is 2. The van der Waals surface area contributed by atoms with Crippen LogP contribution in [0, 0.1) is 0 Å². The average Bonchev–Trinajstić information content (AvgIpc) is 3.32. The second kappa shape index (κ2) is 6.80. The van der Waals surface area contributed by atoms with Crippen molar-refractivity contribution in [1.82, 2.24) is 5.01 Å². The lowest BCUT2D eigenvalue weighted by molar-refractivity contribution is 0.0677. The van der Waals surface area contributed by atoms with Gasteiger partial charge in [-0.2, -0.15) is 5.10 Å². The first-order chi connectivity index (χ1) is 12.6. The zero-order chi connectivity index (χ0) is 18.1. The van der Waals surface area contributed by atoms with E-state index in [1.54, 1.807) is 24.3 Å². The monoisotopic (exact) mass is 410 g/mol. The van der Waals surface area contributed by atoms with E-state index in [0.29, 0.717) is 12.0 Å². The zero-order valence-electron chi connectivity index (χ0n) is 13.7. The van der Waals surface area contributed by atoms with Crippen molar-refractivity contribution in [3.8, 4) is 5.75 Å². The molecule has 0 spiro atoms. The van der Waals surface area contributed by atoms with Crippen LogP contribution in [0.3, 0.4) is 0 Å². The van der Waals surface area contributed by atoms with E-state index in [4.69, 9.17) is 4.42 Å². The number of phenolic OH excluding ortho intramolecular Hbond substituents is 1. The van der Waals surface area contributed by atoms with Gasteiger partial charge in [0.15, 0.2) is 5.76 Å². The van der Waals surface area contributed by atoms with Gasteiger partial charge in [0.1, 0.15) is 5.75 Å². The maximum absolute atomic E-state index is 12.9. The van der Waals surface area contributed by atoms with Crippen LogP contribution in [0.1, 0.15) is 34.1 Å². The van der Waals surface area contributed by atoms with Gasteiger partial charge >= 0.3 is 5.91 Å². The van der Waals surface area contributed by atoms with E-state index in [9.17, 15) is 9.90 Å².